The van der Waals surface area contributed by atoms with Crippen LogP contribution in [0.1, 0.15) is 16.3 Å². The second-order valence-corrected chi connectivity index (χ2v) is 6.80. The second kappa shape index (κ2) is 7.95. The Morgan fingerprint density at radius 1 is 1.10 bits per heavy atom. The summed E-state index contributed by atoms with van der Waals surface area (Å²) in [4.78, 5) is 12.5. The van der Waals surface area contributed by atoms with Gasteiger partial charge >= 0.3 is 5.91 Å². The zero-order chi connectivity index (χ0) is 22.2. The van der Waals surface area contributed by atoms with E-state index in [1.54, 1.807) is 6.07 Å². The number of rotatable bonds is 6. The van der Waals surface area contributed by atoms with Crippen molar-refractivity contribution in [2.24, 2.45) is 0 Å². The van der Waals surface area contributed by atoms with Crippen LogP contribution in [0.5, 0.6) is 5.75 Å². The van der Waals surface area contributed by atoms with Crippen molar-refractivity contribution < 1.29 is 36.6 Å². The molecule has 0 radical (unpaired) electrons. The quantitative estimate of drug-likeness (QED) is 0.570. The molecule has 0 aliphatic carbocycles. The number of alkyl halides is 4. The molecule has 162 valence electrons. The highest BCUT2D eigenvalue weighted by molar-refractivity contribution is 5.92. The Hall–Kier alpha value is -3.53. The molecule has 3 aromatic rings. The standard InChI is InChI=1S/C21H16F4N2O4/c22-18(23)16-10-21(29,20(24)25)27(26-16)19(28)17-8-7-15(31-17)11-30-14-6-5-12-3-1-2-4-13(12)9-14/h1-10,18,20,26,29H,11H2. The molecule has 0 fully saturated rings. The number of fused-ring (bicyclic) bond motifs is 1. The monoisotopic (exact) mass is 436 g/mol. The van der Waals surface area contributed by atoms with E-state index in [-0.39, 0.29) is 23.5 Å². The van der Waals surface area contributed by atoms with Crippen molar-refractivity contribution in [1.82, 2.24) is 10.4 Å². The van der Waals surface area contributed by atoms with Crippen LogP contribution >= 0.6 is 0 Å². The smallest absolute Gasteiger partial charge is 0.311 e. The SMILES string of the molecule is O=C(c1ccc(COc2ccc3ccccc3c2)o1)N1NC(C(F)F)=CC1(O)C(F)F. The van der Waals surface area contributed by atoms with E-state index >= 15 is 0 Å². The first-order chi connectivity index (χ1) is 14.8. The fourth-order valence-corrected chi connectivity index (χ4v) is 3.12. The van der Waals surface area contributed by atoms with Crippen LogP contribution in [0.15, 0.2) is 70.8 Å². The highest BCUT2D eigenvalue weighted by atomic mass is 19.3. The molecule has 1 aromatic heterocycles. The predicted molar refractivity (Wildman–Crippen MR) is 101 cm³/mol. The number of aliphatic hydroxyl groups is 1. The molecular weight excluding hydrogens is 420 g/mol. The molecule has 0 saturated carbocycles. The summed E-state index contributed by atoms with van der Waals surface area (Å²) in [6.45, 7) is -0.0707. The van der Waals surface area contributed by atoms with Crippen molar-refractivity contribution in [3.05, 3.63) is 77.9 Å². The molecule has 1 aliphatic rings. The molecule has 2 aromatic carbocycles. The predicted octanol–water partition coefficient (Wildman–Crippen LogP) is 4.07. The summed E-state index contributed by atoms with van der Waals surface area (Å²) in [5.74, 6) is -0.945. The minimum Gasteiger partial charge on any atom is -0.486 e. The molecule has 1 amide bonds. The normalized spacial score (nSPS) is 18.5. The number of hydrazine groups is 1. The Bertz CT molecular complexity index is 1150. The lowest BCUT2D eigenvalue weighted by Crippen LogP contribution is -2.56. The van der Waals surface area contributed by atoms with Gasteiger partial charge in [0.1, 0.15) is 18.1 Å². The van der Waals surface area contributed by atoms with Crippen molar-refractivity contribution in [3.63, 3.8) is 0 Å². The number of hydrogen-bond donors (Lipinski definition) is 2. The molecule has 31 heavy (non-hydrogen) atoms. The summed E-state index contributed by atoms with van der Waals surface area (Å²) in [7, 11) is 0. The molecule has 0 spiro atoms. The van der Waals surface area contributed by atoms with Gasteiger partial charge in [0.2, 0.25) is 5.72 Å². The number of halogens is 4. The Labute approximate surface area is 173 Å². The van der Waals surface area contributed by atoms with E-state index in [1.165, 1.54) is 12.1 Å². The largest absolute Gasteiger partial charge is 0.486 e. The summed E-state index contributed by atoms with van der Waals surface area (Å²) in [6, 6.07) is 15.7. The van der Waals surface area contributed by atoms with Gasteiger partial charge in [-0.2, -0.15) is 0 Å². The van der Waals surface area contributed by atoms with Crippen molar-refractivity contribution in [1.29, 1.82) is 0 Å². The number of carbonyl (C=O) groups is 1. The molecule has 0 saturated heterocycles. The van der Waals surface area contributed by atoms with Gasteiger partial charge in [-0.15, -0.1) is 0 Å². The van der Waals surface area contributed by atoms with Gasteiger partial charge in [0.25, 0.3) is 12.9 Å². The van der Waals surface area contributed by atoms with Crippen LogP contribution < -0.4 is 10.2 Å². The van der Waals surface area contributed by atoms with Crippen LogP contribution in [0.4, 0.5) is 17.6 Å². The number of furan rings is 1. The summed E-state index contributed by atoms with van der Waals surface area (Å²) < 4.78 is 63.3. The minimum absolute atomic E-state index is 0.0198. The van der Waals surface area contributed by atoms with Crippen LogP contribution in [0.3, 0.4) is 0 Å². The molecule has 2 heterocycles. The third-order valence-corrected chi connectivity index (χ3v) is 4.70. The lowest BCUT2D eigenvalue weighted by Gasteiger charge is -2.30. The number of benzene rings is 2. The Morgan fingerprint density at radius 3 is 2.55 bits per heavy atom. The molecule has 10 heteroatoms. The maximum Gasteiger partial charge on any atom is 0.311 e. The summed E-state index contributed by atoms with van der Waals surface area (Å²) in [5, 5.41) is 12.1. The maximum atomic E-state index is 13.3. The topological polar surface area (TPSA) is 74.9 Å². The lowest BCUT2D eigenvalue weighted by molar-refractivity contribution is -0.147. The number of amides is 1. The van der Waals surface area contributed by atoms with Crippen LogP contribution in [0.25, 0.3) is 10.8 Å². The molecule has 0 bridgehead atoms. The second-order valence-electron chi connectivity index (χ2n) is 6.80. The average Bonchev–Trinajstić information content (AvgIpc) is 3.37. The lowest BCUT2D eigenvalue weighted by atomic mass is 10.1. The highest BCUT2D eigenvalue weighted by Gasteiger charge is 2.51. The van der Waals surface area contributed by atoms with Gasteiger partial charge in [0, 0.05) is 6.08 Å². The minimum atomic E-state index is -3.54. The van der Waals surface area contributed by atoms with E-state index in [2.05, 4.69) is 0 Å². The fraction of sp³-hybridized carbons (Fsp3) is 0.190. The number of nitrogens with one attached hydrogen (secondary N) is 1. The third-order valence-electron chi connectivity index (χ3n) is 4.70. The number of allylic oxidation sites excluding steroid dienone is 1. The molecule has 1 unspecified atom stereocenters. The third kappa shape index (κ3) is 3.93. The fourth-order valence-electron chi connectivity index (χ4n) is 3.12. The van der Waals surface area contributed by atoms with E-state index < -0.39 is 35.9 Å². The first-order valence-corrected chi connectivity index (χ1v) is 9.11. The van der Waals surface area contributed by atoms with Crippen LogP contribution in [-0.2, 0) is 6.61 Å². The Morgan fingerprint density at radius 2 is 1.84 bits per heavy atom. The van der Waals surface area contributed by atoms with E-state index in [1.807, 2.05) is 41.8 Å². The van der Waals surface area contributed by atoms with Gasteiger partial charge in [-0.05, 0) is 35.0 Å². The van der Waals surface area contributed by atoms with E-state index in [9.17, 15) is 27.5 Å². The summed E-state index contributed by atoms with van der Waals surface area (Å²) in [5.41, 5.74) is -2.43. The van der Waals surface area contributed by atoms with Gasteiger partial charge < -0.3 is 14.3 Å². The van der Waals surface area contributed by atoms with E-state index in [0.717, 1.165) is 10.8 Å². The number of hydrogen-bond acceptors (Lipinski definition) is 5. The molecular formula is C21H16F4N2O4. The maximum absolute atomic E-state index is 13.3. The number of carbonyl (C=O) groups excluding carboxylic acids is 1. The van der Waals surface area contributed by atoms with Crippen molar-refractivity contribution >= 4 is 16.7 Å². The van der Waals surface area contributed by atoms with Crippen LogP contribution in [0.2, 0.25) is 0 Å². The van der Waals surface area contributed by atoms with E-state index in [4.69, 9.17) is 9.15 Å². The molecule has 1 atom stereocenters. The Balaban J connectivity index is 1.47. The van der Waals surface area contributed by atoms with Gasteiger partial charge in [-0.1, -0.05) is 30.3 Å². The molecule has 6 nitrogen and oxygen atoms in total. The van der Waals surface area contributed by atoms with Gasteiger partial charge in [-0.25, -0.2) is 22.6 Å². The van der Waals surface area contributed by atoms with Crippen LogP contribution in [0, 0.1) is 0 Å². The molecule has 2 N–H and O–H groups in total. The first kappa shape index (κ1) is 20.7. The van der Waals surface area contributed by atoms with E-state index in [0.29, 0.717) is 5.75 Å². The van der Waals surface area contributed by atoms with Gasteiger partial charge in [0.05, 0.1) is 5.70 Å². The van der Waals surface area contributed by atoms with Crippen molar-refractivity contribution in [2.75, 3.05) is 0 Å². The van der Waals surface area contributed by atoms with Gasteiger partial charge in [0.15, 0.2) is 5.76 Å². The van der Waals surface area contributed by atoms with Crippen molar-refractivity contribution in [2.45, 2.75) is 25.2 Å². The average molecular weight is 436 g/mol. The molecule has 4 rings (SSSR count). The first-order valence-electron chi connectivity index (χ1n) is 9.11. The number of nitrogens with zero attached hydrogens (tertiary/aromatic N) is 1. The zero-order valence-electron chi connectivity index (χ0n) is 15.8. The van der Waals surface area contributed by atoms with Crippen LogP contribution in [-0.4, -0.2) is 34.6 Å². The number of ether oxygens (including phenoxy) is 1. The molecule has 1 aliphatic heterocycles. The van der Waals surface area contributed by atoms with Gasteiger partial charge in [-0.3, -0.25) is 10.2 Å². The highest BCUT2D eigenvalue weighted by Crippen LogP contribution is 2.31. The summed E-state index contributed by atoms with van der Waals surface area (Å²) in [6.07, 6.45) is -6.51. The Kier molecular flexibility index (Phi) is 5.32. The zero-order valence-corrected chi connectivity index (χ0v) is 15.8. The summed E-state index contributed by atoms with van der Waals surface area (Å²) >= 11 is 0. The van der Waals surface area contributed by atoms with Crippen molar-refractivity contribution in [3.8, 4) is 5.75 Å².